The van der Waals surface area contributed by atoms with Crippen LogP contribution >= 0.6 is 0 Å². The highest BCUT2D eigenvalue weighted by Gasteiger charge is 2.24. The summed E-state index contributed by atoms with van der Waals surface area (Å²) in [4.78, 5) is 34.7. The van der Waals surface area contributed by atoms with E-state index in [0.717, 1.165) is 0 Å². The van der Waals surface area contributed by atoms with Gasteiger partial charge in [0.05, 0.1) is 11.8 Å². The third-order valence-electron chi connectivity index (χ3n) is 3.57. The lowest BCUT2D eigenvalue weighted by atomic mass is 10.1. The molecular weight excluding hydrogens is 340 g/mol. The largest absolute Gasteiger partial charge is 0.487 e. The van der Waals surface area contributed by atoms with Crippen LogP contribution in [0.15, 0.2) is 30.3 Å². The normalized spacial score (nSPS) is 12.9. The van der Waals surface area contributed by atoms with E-state index in [2.05, 4.69) is 15.5 Å². The van der Waals surface area contributed by atoms with E-state index in [1.165, 1.54) is 19.9 Å². The van der Waals surface area contributed by atoms with Crippen LogP contribution in [0.3, 0.4) is 0 Å². The molecule has 2 rings (SSSR count). The molecule has 0 fully saturated rings. The summed E-state index contributed by atoms with van der Waals surface area (Å²) >= 11 is 0. The number of ether oxygens (including phenoxy) is 1. The molecule has 0 spiro atoms. The first-order chi connectivity index (χ1) is 12.3. The van der Waals surface area contributed by atoms with Crippen LogP contribution < -0.4 is 15.8 Å². The van der Waals surface area contributed by atoms with Gasteiger partial charge in [-0.1, -0.05) is 12.1 Å². The van der Waals surface area contributed by atoms with Crippen molar-refractivity contribution in [3.8, 4) is 5.75 Å². The van der Waals surface area contributed by atoms with Gasteiger partial charge in [0.15, 0.2) is 5.78 Å². The minimum Gasteiger partial charge on any atom is -0.487 e. The van der Waals surface area contributed by atoms with Crippen molar-refractivity contribution < 1.29 is 24.2 Å². The summed E-state index contributed by atoms with van der Waals surface area (Å²) in [6, 6.07) is 6.95. The molecule has 138 valence electrons. The number of nitrogens with two attached hydrogens (primary N) is 1. The monoisotopic (exact) mass is 360 g/mol. The number of aliphatic hydroxyl groups is 1. The number of aliphatic hydroxyl groups excluding tert-OH is 1. The highest BCUT2D eigenvalue weighted by molar-refractivity contribution is 5.96. The van der Waals surface area contributed by atoms with E-state index < -0.39 is 24.0 Å². The maximum absolute atomic E-state index is 12.1. The number of H-pyrrole nitrogens is 1. The second-order valence-corrected chi connectivity index (χ2v) is 5.75. The van der Waals surface area contributed by atoms with Gasteiger partial charge in [0.2, 0.25) is 5.91 Å². The number of aromatic amines is 1. The Morgan fingerprint density at radius 1 is 1.35 bits per heavy atom. The van der Waals surface area contributed by atoms with Crippen LogP contribution in [0, 0.1) is 0 Å². The molecule has 2 aromatic rings. The van der Waals surface area contributed by atoms with Gasteiger partial charge in [-0.3, -0.25) is 19.5 Å². The van der Waals surface area contributed by atoms with Crippen LogP contribution in [0.25, 0.3) is 0 Å². The van der Waals surface area contributed by atoms with Gasteiger partial charge in [0.1, 0.15) is 24.1 Å². The number of primary amides is 1. The predicted octanol–water partition coefficient (Wildman–Crippen LogP) is 0.156. The summed E-state index contributed by atoms with van der Waals surface area (Å²) in [6.07, 6.45) is -1.13. The number of rotatable bonds is 8. The zero-order valence-electron chi connectivity index (χ0n) is 14.4. The summed E-state index contributed by atoms with van der Waals surface area (Å²) in [7, 11) is 0. The van der Waals surface area contributed by atoms with Gasteiger partial charge in [-0.25, -0.2) is 0 Å². The summed E-state index contributed by atoms with van der Waals surface area (Å²) in [5.41, 5.74) is 6.19. The Kier molecular flexibility index (Phi) is 6.07. The molecule has 9 heteroatoms. The molecule has 9 nitrogen and oxygen atoms in total. The second-order valence-electron chi connectivity index (χ2n) is 5.75. The zero-order chi connectivity index (χ0) is 19.3. The van der Waals surface area contributed by atoms with Crippen molar-refractivity contribution in [2.24, 2.45) is 5.73 Å². The fourth-order valence-electron chi connectivity index (χ4n) is 2.16. The number of benzene rings is 1. The van der Waals surface area contributed by atoms with Crippen LogP contribution in [0.5, 0.6) is 5.75 Å². The Balaban J connectivity index is 1.99. The number of hydrogen-bond acceptors (Lipinski definition) is 6. The van der Waals surface area contributed by atoms with Crippen molar-refractivity contribution >= 4 is 17.6 Å². The number of nitrogens with one attached hydrogen (secondary N) is 2. The minimum absolute atomic E-state index is 0.0213. The molecule has 5 N–H and O–H groups in total. The van der Waals surface area contributed by atoms with Crippen molar-refractivity contribution in [2.75, 3.05) is 0 Å². The van der Waals surface area contributed by atoms with Gasteiger partial charge in [-0.15, -0.1) is 0 Å². The summed E-state index contributed by atoms with van der Waals surface area (Å²) in [5, 5.41) is 18.3. The van der Waals surface area contributed by atoms with Crippen LogP contribution in [0.1, 0.15) is 40.4 Å². The van der Waals surface area contributed by atoms with E-state index in [1.807, 2.05) is 0 Å². The van der Waals surface area contributed by atoms with Gasteiger partial charge in [-0.05, 0) is 32.0 Å². The predicted molar refractivity (Wildman–Crippen MR) is 91.5 cm³/mol. The molecule has 0 aliphatic heterocycles. The van der Waals surface area contributed by atoms with Crippen LogP contribution in [0.4, 0.5) is 0 Å². The summed E-state index contributed by atoms with van der Waals surface area (Å²) < 4.78 is 5.56. The zero-order valence-corrected chi connectivity index (χ0v) is 14.4. The van der Waals surface area contributed by atoms with Gasteiger partial charge in [0, 0.05) is 5.56 Å². The van der Waals surface area contributed by atoms with Crippen molar-refractivity contribution in [3.05, 3.63) is 47.3 Å². The van der Waals surface area contributed by atoms with E-state index in [1.54, 1.807) is 24.3 Å². The Morgan fingerprint density at radius 2 is 2.08 bits per heavy atom. The van der Waals surface area contributed by atoms with Crippen molar-refractivity contribution in [3.63, 3.8) is 0 Å². The first kappa shape index (κ1) is 19.1. The Hall–Kier alpha value is -3.20. The highest BCUT2D eigenvalue weighted by Crippen LogP contribution is 2.15. The first-order valence-electron chi connectivity index (χ1n) is 7.84. The molecule has 1 aromatic carbocycles. The molecule has 0 radical (unpaired) electrons. The Bertz CT molecular complexity index is 815. The number of Topliss-reactive ketones (excluding diaryl/α,β-unsaturated/α-hetero) is 1. The molecule has 0 bridgehead atoms. The molecule has 0 aliphatic carbocycles. The molecule has 0 saturated carbocycles. The van der Waals surface area contributed by atoms with Gasteiger partial charge < -0.3 is 20.9 Å². The van der Waals surface area contributed by atoms with E-state index in [-0.39, 0.29) is 18.1 Å². The number of ketones is 1. The molecule has 0 unspecified atom stereocenters. The summed E-state index contributed by atoms with van der Waals surface area (Å²) in [6.45, 7) is 2.90. The maximum Gasteiger partial charge on any atom is 0.272 e. The van der Waals surface area contributed by atoms with Crippen molar-refractivity contribution in [1.82, 2.24) is 15.5 Å². The fourth-order valence-corrected chi connectivity index (χ4v) is 2.16. The van der Waals surface area contributed by atoms with Gasteiger partial charge in [-0.2, -0.15) is 5.10 Å². The number of hydrogen-bond donors (Lipinski definition) is 4. The van der Waals surface area contributed by atoms with E-state index in [0.29, 0.717) is 17.0 Å². The average Bonchev–Trinajstić information content (AvgIpc) is 3.06. The van der Waals surface area contributed by atoms with Crippen molar-refractivity contribution in [2.45, 2.75) is 32.6 Å². The highest BCUT2D eigenvalue weighted by atomic mass is 16.5. The first-order valence-corrected chi connectivity index (χ1v) is 7.84. The van der Waals surface area contributed by atoms with Crippen molar-refractivity contribution in [1.29, 1.82) is 0 Å². The summed E-state index contributed by atoms with van der Waals surface area (Å²) in [5.74, 6) is -1.08. The molecule has 2 amide bonds. The SMILES string of the molecule is CC(=O)c1cccc(OCc2cc(C(=O)N[C@H](C(N)=O)[C@@H](C)O)n[nH]2)c1. The fraction of sp³-hybridized carbons (Fsp3) is 0.294. The van der Waals surface area contributed by atoms with Crippen LogP contribution in [0.2, 0.25) is 0 Å². The topological polar surface area (TPSA) is 147 Å². The quantitative estimate of drug-likeness (QED) is 0.493. The maximum atomic E-state index is 12.1. The minimum atomic E-state index is -1.21. The third-order valence-corrected chi connectivity index (χ3v) is 3.57. The Labute approximate surface area is 149 Å². The van der Waals surface area contributed by atoms with Gasteiger partial charge >= 0.3 is 0 Å². The lowest BCUT2D eigenvalue weighted by Crippen LogP contribution is -2.50. The van der Waals surface area contributed by atoms with Crippen LogP contribution in [-0.2, 0) is 11.4 Å². The molecular formula is C17H20N4O5. The van der Waals surface area contributed by atoms with E-state index in [9.17, 15) is 19.5 Å². The molecule has 1 heterocycles. The molecule has 0 saturated heterocycles. The number of carbonyl (C=O) groups is 3. The van der Waals surface area contributed by atoms with Crippen LogP contribution in [-0.4, -0.2) is 45.0 Å². The molecule has 0 aliphatic rings. The number of nitrogens with zero attached hydrogens (tertiary/aromatic N) is 1. The molecule has 26 heavy (non-hydrogen) atoms. The third kappa shape index (κ3) is 4.90. The Morgan fingerprint density at radius 3 is 2.69 bits per heavy atom. The molecule has 2 atom stereocenters. The standard InChI is InChI=1S/C17H20N4O5/c1-9(22)11-4-3-5-13(6-11)26-8-12-7-14(21-20-12)17(25)19-15(10(2)23)16(18)24/h3-7,10,15,23H,8H2,1-2H3,(H2,18,24)(H,19,25)(H,20,21)/t10-,15+/m1/s1. The van der Waals surface area contributed by atoms with E-state index >= 15 is 0 Å². The lowest BCUT2D eigenvalue weighted by molar-refractivity contribution is -0.122. The number of aromatic nitrogens is 2. The second kappa shape index (κ2) is 8.26. The van der Waals surface area contributed by atoms with E-state index in [4.69, 9.17) is 10.5 Å². The average molecular weight is 360 g/mol. The number of carbonyl (C=O) groups excluding carboxylic acids is 3. The lowest BCUT2D eigenvalue weighted by Gasteiger charge is -2.17. The number of amides is 2. The van der Waals surface area contributed by atoms with Gasteiger partial charge in [0.25, 0.3) is 5.91 Å². The smallest absolute Gasteiger partial charge is 0.272 e. The molecule has 1 aromatic heterocycles.